The molecule has 0 aliphatic rings. The highest BCUT2D eigenvalue weighted by molar-refractivity contribution is 5.82. The summed E-state index contributed by atoms with van der Waals surface area (Å²) < 4.78 is 1.81. The van der Waals surface area contributed by atoms with Crippen LogP contribution in [0.25, 0.3) is 0 Å². The van der Waals surface area contributed by atoms with E-state index in [0.29, 0.717) is 12.2 Å². The van der Waals surface area contributed by atoms with Gasteiger partial charge in [0.25, 0.3) is 0 Å². The molecule has 0 spiro atoms. The zero-order valence-corrected chi connectivity index (χ0v) is 11.2. The minimum absolute atomic E-state index is 0.0356. The molecule has 0 fully saturated rings. The zero-order valence-electron chi connectivity index (χ0n) is 11.2. The van der Waals surface area contributed by atoms with Crippen LogP contribution in [0, 0.1) is 6.92 Å². The van der Waals surface area contributed by atoms with Crippen molar-refractivity contribution in [2.24, 2.45) is 0 Å². The third-order valence-corrected chi connectivity index (χ3v) is 2.68. The first-order valence-corrected chi connectivity index (χ1v) is 5.62. The average molecular weight is 239 g/mol. The van der Waals surface area contributed by atoms with E-state index in [4.69, 9.17) is 5.73 Å². The fourth-order valence-electron chi connectivity index (χ4n) is 1.63. The fourth-order valence-corrected chi connectivity index (χ4v) is 1.63. The van der Waals surface area contributed by atoms with E-state index in [1.165, 1.54) is 0 Å². The second-order valence-electron chi connectivity index (χ2n) is 4.28. The Hall–Kier alpha value is -1.72. The molecule has 0 aliphatic heterocycles. The van der Waals surface area contributed by atoms with Gasteiger partial charge < -0.3 is 15.5 Å². The summed E-state index contributed by atoms with van der Waals surface area (Å²) in [5.41, 5.74) is 7.42. The van der Waals surface area contributed by atoms with Crippen molar-refractivity contribution in [3.63, 3.8) is 0 Å². The van der Waals surface area contributed by atoms with Crippen molar-refractivity contribution >= 4 is 17.4 Å². The molecule has 0 atom stereocenters. The molecule has 0 aromatic carbocycles. The normalized spacial score (nSPS) is 10.4. The number of aromatic nitrogens is 2. The Kier molecular flexibility index (Phi) is 3.98. The van der Waals surface area contributed by atoms with Crippen LogP contribution in [0.1, 0.15) is 12.6 Å². The van der Waals surface area contributed by atoms with Crippen molar-refractivity contribution in [1.82, 2.24) is 14.7 Å². The van der Waals surface area contributed by atoms with Gasteiger partial charge >= 0.3 is 0 Å². The minimum Gasteiger partial charge on any atom is -0.394 e. The molecular formula is C11H21N5O. The molecule has 17 heavy (non-hydrogen) atoms. The van der Waals surface area contributed by atoms with Crippen LogP contribution in [0.2, 0.25) is 0 Å². The zero-order chi connectivity index (χ0) is 13.2. The summed E-state index contributed by atoms with van der Waals surface area (Å²) in [5.74, 6) is 0.841. The van der Waals surface area contributed by atoms with Crippen molar-refractivity contribution in [3.05, 3.63) is 5.69 Å². The summed E-state index contributed by atoms with van der Waals surface area (Å²) in [7, 11) is 5.32. The standard InChI is InChI=1S/C11H21N5O/c1-6-16-11(10(12)8(2)13-16)15(5)7-9(17)14(3)4/h6-7,12H2,1-5H3. The molecule has 0 unspecified atom stereocenters. The number of hydrogen-bond acceptors (Lipinski definition) is 4. The van der Waals surface area contributed by atoms with Gasteiger partial charge in [0.05, 0.1) is 17.9 Å². The van der Waals surface area contributed by atoms with Gasteiger partial charge in [-0.05, 0) is 13.8 Å². The van der Waals surface area contributed by atoms with Crippen molar-refractivity contribution < 1.29 is 4.79 Å². The van der Waals surface area contributed by atoms with Crippen LogP contribution in [-0.4, -0.2) is 48.3 Å². The van der Waals surface area contributed by atoms with Gasteiger partial charge in [-0.25, -0.2) is 4.68 Å². The molecular weight excluding hydrogens is 218 g/mol. The molecule has 0 bridgehead atoms. The van der Waals surface area contributed by atoms with E-state index in [1.807, 2.05) is 30.5 Å². The lowest BCUT2D eigenvalue weighted by molar-refractivity contribution is -0.127. The van der Waals surface area contributed by atoms with Gasteiger partial charge in [0.2, 0.25) is 5.91 Å². The summed E-state index contributed by atoms with van der Waals surface area (Å²) in [6.45, 7) is 4.89. The van der Waals surface area contributed by atoms with Gasteiger partial charge in [0, 0.05) is 27.7 Å². The highest BCUT2D eigenvalue weighted by Crippen LogP contribution is 2.25. The Balaban J connectivity index is 2.95. The van der Waals surface area contributed by atoms with Gasteiger partial charge in [-0.2, -0.15) is 5.10 Å². The average Bonchev–Trinajstić information content (AvgIpc) is 2.54. The number of likely N-dealkylation sites (N-methyl/N-ethyl adjacent to an activating group) is 2. The molecule has 2 N–H and O–H groups in total. The van der Waals surface area contributed by atoms with Crippen molar-refractivity contribution in [1.29, 1.82) is 0 Å². The number of rotatable bonds is 4. The van der Waals surface area contributed by atoms with Gasteiger partial charge in [0.1, 0.15) is 0 Å². The Morgan fingerprint density at radius 1 is 1.41 bits per heavy atom. The number of amides is 1. The number of nitrogens with two attached hydrogens (primary N) is 1. The Bertz CT molecular complexity index is 410. The third kappa shape index (κ3) is 2.69. The number of carbonyl (C=O) groups excluding carboxylic acids is 1. The van der Waals surface area contributed by atoms with Crippen molar-refractivity contribution in [3.8, 4) is 0 Å². The van der Waals surface area contributed by atoms with Crippen LogP contribution in [-0.2, 0) is 11.3 Å². The second kappa shape index (κ2) is 5.07. The largest absolute Gasteiger partial charge is 0.394 e. The fraction of sp³-hybridized carbons (Fsp3) is 0.636. The van der Waals surface area contributed by atoms with Crippen molar-refractivity contribution in [2.45, 2.75) is 20.4 Å². The smallest absolute Gasteiger partial charge is 0.241 e. The first kappa shape index (κ1) is 13.3. The van der Waals surface area contributed by atoms with E-state index in [9.17, 15) is 4.79 Å². The first-order valence-electron chi connectivity index (χ1n) is 5.62. The predicted molar refractivity (Wildman–Crippen MR) is 69.0 cm³/mol. The van der Waals surface area contributed by atoms with Crippen LogP contribution in [0.15, 0.2) is 0 Å². The first-order chi connectivity index (χ1) is 7.88. The maximum Gasteiger partial charge on any atom is 0.241 e. The highest BCUT2D eigenvalue weighted by Gasteiger charge is 2.18. The maximum absolute atomic E-state index is 11.7. The van der Waals surface area contributed by atoms with Crippen LogP contribution < -0.4 is 10.6 Å². The SMILES string of the molecule is CCn1nc(C)c(N)c1N(C)CC(=O)N(C)C. The second-order valence-corrected chi connectivity index (χ2v) is 4.28. The van der Waals surface area contributed by atoms with E-state index in [0.717, 1.165) is 18.1 Å². The lowest BCUT2D eigenvalue weighted by Gasteiger charge is -2.22. The molecule has 1 aromatic rings. The van der Waals surface area contributed by atoms with Gasteiger partial charge in [-0.1, -0.05) is 0 Å². The molecule has 0 radical (unpaired) electrons. The Morgan fingerprint density at radius 2 is 2.00 bits per heavy atom. The van der Waals surface area contributed by atoms with Crippen LogP contribution >= 0.6 is 0 Å². The molecule has 1 amide bonds. The molecule has 0 saturated heterocycles. The summed E-state index contributed by atoms with van der Waals surface area (Å²) in [4.78, 5) is 15.1. The maximum atomic E-state index is 11.7. The molecule has 0 aliphatic carbocycles. The van der Waals surface area contributed by atoms with Gasteiger partial charge in [-0.15, -0.1) is 0 Å². The summed E-state index contributed by atoms with van der Waals surface area (Å²) in [6.07, 6.45) is 0. The summed E-state index contributed by atoms with van der Waals surface area (Å²) >= 11 is 0. The lowest BCUT2D eigenvalue weighted by Crippen LogP contribution is -2.35. The van der Waals surface area contributed by atoms with E-state index >= 15 is 0 Å². The number of carbonyl (C=O) groups is 1. The predicted octanol–water partition coefficient (Wildman–Crippen LogP) is 0.318. The monoisotopic (exact) mass is 239 g/mol. The summed E-state index contributed by atoms with van der Waals surface area (Å²) in [5, 5.41) is 4.33. The van der Waals surface area contributed by atoms with Crippen LogP contribution in [0.4, 0.5) is 11.5 Å². The minimum atomic E-state index is 0.0356. The molecule has 1 rings (SSSR count). The molecule has 1 aromatic heterocycles. The van der Waals surface area contributed by atoms with E-state index in [1.54, 1.807) is 19.0 Å². The van der Waals surface area contributed by atoms with Gasteiger partial charge in [0.15, 0.2) is 5.82 Å². The van der Waals surface area contributed by atoms with E-state index in [-0.39, 0.29) is 5.91 Å². The highest BCUT2D eigenvalue weighted by atomic mass is 16.2. The van der Waals surface area contributed by atoms with Crippen LogP contribution in [0.5, 0.6) is 0 Å². The van der Waals surface area contributed by atoms with E-state index in [2.05, 4.69) is 5.10 Å². The quantitative estimate of drug-likeness (QED) is 0.821. The molecule has 6 nitrogen and oxygen atoms in total. The van der Waals surface area contributed by atoms with Crippen molar-refractivity contribution in [2.75, 3.05) is 38.3 Å². The Morgan fingerprint density at radius 3 is 2.47 bits per heavy atom. The van der Waals surface area contributed by atoms with Gasteiger partial charge in [-0.3, -0.25) is 4.79 Å². The number of aryl methyl sites for hydroxylation is 2. The number of nitrogens with zero attached hydrogens (tertiary/aromatic N) is 4. The third-order valence-electron chi connectivity index (χ3n) is 2.68. The topological polar surface area (TPSA) is 67.4 Å². The molecule has 6 heteroatoms. The number of nitrogen functional groups attached to an aromatic ring is 1. The van der Waals surface area contributed by atoms with E-state index < -0.39 is 0 Å². The summed E-state index contributed by atoms with van der Waals surface area (Å²) in [6, 6.07) is 0. The molecule has 0 saturated carbocycles. The number of hydrogen-bond donors (Lipinski definition) is 1. The molecule has 96 valence electrons. The lowest BCUT2D eigenvalue weighted by atomic mass is 10.3. The van der Waals surface area contributed by atoms with Crippen LogP contribution in [0.3, 0.4) is 0 Å². The molecule has 1 heterocycles. The number of anilines is 2. The Labute approximate surface area is 102 Å².